The fourth-order valence-corrected chi connectivity index (χ4v) is 2.65. The summed E-state index contributed by atoms with van der Waals surface area (Å²) in [6.45, 7) is 0.662. The van der Waals surface area contributed by atoms with E-state index in [0.29, 0.717) is 11.6 Å². The van der Waals surface area contributed by atoms with E-state index in [1.54, 1.807) is 18.6 Å². The molecule has 3 N–H and O–H groups in total. The van der Waals surface area contributed by atoms with Crippen molar-refractivity contribution in [3.8, 4) is 0 Å². The standard InChI is InChI=1S/C14H14ClN3O2/c1-18(6-8-2-3-20-7-8)12-5-11-9(4-10(12)15)13(16)14(19)17-11/h2-5,7,13H,6,16H2,1H3,(H,17,19). The van der Waals surface area contributed by atoms with Crippen LogP contribution in [0.2, 0.25) is 5.02 Å². The molecule has 0 bridgehead atoms. The first-order chi connectivity index (χ1) is 9.56. The van der Waals surface area contributed by atoms with Crippen LogP contribution < -0.4 is 16.0 Å². The number of hydrogen-bond acceptors (Lipinski definition) is 4. The normalized spacial score (nSPS) is 16.9. The van der Waals surface area contributed by atoms with Gasteiger partial charge >= 0.3 is 0 Å². The first-order valence-electron chi connectivity index (χ1n) is 6.18. The third kappa shape index (κ3) is 2.15. The van der Waals surface area contributed by atoms with Gasteiger partial charge in [-0.05, 0) is 18.2 Å². The topological polar surface area (TPSA) is 71.5 Å². The lowest BCUT2D eigenvalue weighted by atomic mass is 10.1. The number of carbonyl (C=O) groups is 1. The average Bonchev–Trinajstić information content (AvgIpc) is 3.00. The molecule has 1 atom stereocenters. The highest BCUT2D eigenvalue weighted by atomic mass is 35.5. The fourth-order valence-electron chi connectivity index (χ4n) is 2.33. The van der Waals surface area contributed by atoms with Crippen LogP contribution in [0.4, 0.5) is 11.4 Å². The van der Waals surface area contributed by atoms with Gasteiger partial charge in [0.2, 0.25) is 5.91 Å². The summed E-state index contributed by atoms with van der Waals surface area (Å²) in [5.74, 6) is -0.203. The number of anilines is 2. The molecule has 1 aromatic heterocycles. The minimum absolute atomic E-state index is 0.203. The zero-order valence-corrected chi connectivity index (χ0v) is 11.6. The second kappa shape index (κ2) is 4.85. The third-order valence-electron chi connectivity index (χ3n) is 3.41. The van der Waals surface area contributed by atoms with Crippen molar-refractivity contribution < 1.29 is 9.21 Å². The first-order valence-corrected chi connectivity index (χ1v) is 6.56. The van der Waals surface area contributed by atoms with Crippen molar-refractivity contribution >= 4 is 28.9 Å². The van der Waals surface area contributed by atoms with E-state index in [4.69, 9.17) is 21.8 Å². The molecule has 104 valence electrons. The first kappa shape index (κ1) is 13.0. The van der Waals surface area contributed by atoms with Crippen molar-refractivity contribution in [3.05, 3.63) is 46.9 Å². The predicted molar refractivity (Wildman–Crippen MR) is 77.8 cm³/mol. The highest BCUT2D eigenvalue weighted by molar-refractivity contribution is 6.33. The molecule has 1 aliphatic rings. The van der Waals surface area contributed by atoms with Crippen molar-refractivity contribution in [1.29, 1.82) is 0 Å². The maximum atomic E-state index is 11.6. The van der Waals surface area contributed by atoms with Crippen molar-refractivity contribution in [2.75, 3.05) is 17.3 Å². The molecule has 20 heavy (non-hydrogen) atoms. The number of benzene rings is 1. The van der Waals surface area contributed by atoms with Gasteiger partial charge in [-0.2, -0.15) is 0 Å². The molecular formula is C14H14ClN3O2. The van der Waals surface area contributed by atoms with Crippen LogP contribution in [0.3, 0.4) is 0 Å². The van der Waals surface area contributed by atoms with Crippen LogP contribution in [0.1, 0.15) is 17.2 Å². The Morgan fingerprint density at radius 1 is 1.50 bits per heavy atom. The van der Waals surface area contributed by atoms with Crippen LogP contribution in [-0.4, -0.2) is 13.0 Å². The predicted octanol–water partition coefficient (Wildman–Crippen LogP) is 2.52. The van der Waals surface area contributed by atoms with Crippen molar-refractivity contribution in [2.45, 2.75) is 12.6 Å². The molecule has 0 aliphatic carbocycles. The van der Waals surface area contributed by atoms with E-state index in [1.807, 2.05) is 24.1 Å². The van der Waals surface area contributed by atoms with E-state index in [2.05, 4.69) is 5.32 Å². The van der Waals surface area contributed by atoms with E-state index < -0.39 is 6.04 Å². The Labute approximate surface area is 121 Å². The Balaban J connectivity index is 1.91. The number of nitrogens with two attached hydrogens (primary N) is 1. The van der Waals surface area contributed by atoms with Crippen LogP contribution in [-0.2, 0) is 11.3 Å². The maximum Gasteiger partial charge on any atom is 0.245 e. The van der Waals surface area contributed by atoms with E-state index in [-0.39, 0.29) is 5.91 Å². The highest BCUT2D eigenvalue weighted by Gasteiger charge is 2.28. The zero-order valence-electron chi connectivity index (χ0n) is 10.9. The quantitative estimate of drug-likeness (QED) is 0.911. The summed E-state index contributed by atoms with van der Waals surface area (Å²) >= 11 is 6.30. The molecule has 3 rings (SSSR count). The number of nitrogens with one attached hydrogen (secondary N) is 1. The maximum absolute atomic E-state index is 11.6. The molecule has 1 aliphatic heterocycles. The minimum Gasteiger partial charge on any atom is -0.472 e. The van der Waals surface area contributed by atoms with E-state index >= 15 is 0 Å². The van der Waals surface area contributed by atoms with Gasteiger partial charge in [0, 0.05) is 30.4 Å². The molecule has 2 aromatic rings. The van der Waals surface area contributed by atoms with E-state index in [9.17, 15) is 4.79 Å². The van der Waals surface area contributed by atoms with Crippen molar-refractivity contribution in [3.63, 3.8) is 0 Å². The summed E-state index contributed by atoms with van der Waals surface area (Å²) in [6.07, 6.45) is 3.32. The number of furan rings is 1. The molecule has 0 saturated heterocycles. The lowest BCUT2D eigenvalue weighted by Gasteiger charge is -2.21. The molecule has 2 heterocycles. The number of fused-ring (bicyclic) bond motifs is 1. The number of rotatable bonds is 3. The second-order valence-electron chi connectivity index (χ2n) is 4.85. The Kier molecular flexibility index (Phi) is 3.16. The Hall–Kier alpha value is -1.98. The van der Waals surface area contributed by atoms with Gasteiger partial charge in [-0.25, -0.2) is 0 Å². The number of carbonyl (C=O) groups excluding carboxylic acids is 1. The van der Waals surface area contributed by atoms with Gasteiger partial charge in [0.15, 0.2) is 0 Å². The summed E-state index contributed by atoms with van der Waals surface area (Å²) in [6, 6.07) is 4.86. The number of hydrogen-bond donors (Lipinski definition) is 2. The summed E-state index contributed by atoms with van der Waals surface area (Å²) in [5, 5.41) is 3.33. The van der Waals surface area contributed by atoms with Crippen LogP contribution in [0, 0.1) is 0 Å². The Morgan fingerprint density at radius 3 is 3.00 bits per heavy atom. The zero-order chi connectivity index (χ0) is 14.3. The van der Waals surface area contributed by atoms with Gasteiger partial charge in [-0.3, -0.25) is 4.79 Å². The second-order valence-corrected chi connectivity index (χ2v) is 5.25. The third-order valence-corrected chi connectivity index (χ3v) is 3.71. The molecule has 6 heteroatoms. The molecule has 1 unspecified atom stereocenters. The molecule has 1 aromatic carbocycles. The lowest BCUT2D eigenvalue weighted by Crippen LogP contribution is -2.19. The smallest absolute Gasteiger partial charge is 0.245 e. The summed E-state index contributed by atoms with van der Waals surface area (Å²) in [5.41, 5.74) is 9.14. The van der Waals surface area contributed by atoms with E-state index in [0.717, 1.165) is 22.5 Å². The Morgan fingerprint density at radius 2 is 2.30 bits per heavy atom. The van der Waals surface area contributed by atoms with E-state index in [1.165, 1.54) is 0 Å². The summed E-state index contributed by atoms with van der Waals surface area (Å²) < 4.78 is 5.05. The molecule has 0 spiro atoms. The largest absolute Gasteiger partial charge is 0.472 e. The monoisotopic (exact) mass is 291 g/mol. The van der Waals surface area contributed by atoms with Gasteiger partial charge < -0.3 is 20.4 Å². The minimum atomic E-state index is -0.643. The SMILES string of the molecule is CN(Cc1ccoc1)c1cc2c(cc1Cl)C(N)C(=O)N2. The fraction of sp³-hybridized carbons (Fsp3) is 0.214. The molecular weight excluding hydrogens is 278 g/mol. The van der Waals surface area contributed by atoms with Crippen molar-refractivity contribution in [1.82, 2.24) is 0 Å². The van der Waals surface area contributed by atoms with Crippen LogP contribution >= 0.6 is 11.6 Å². The average molecular weight is 292 g/mol. The van der Waals surface area contributed by atoms with Crippen LogP contribution in [0.15, 0.2) is 35.1 Å². The number of halogens is 1. The molecule has 0 fully saturated rings. The lowest BCUT2D eigenvalue weighted by molar-refractivity contribution is -0.116. The summed E-state index contributed by atoms with van der Waals surface area (Å²) in [7, 11) is 1.93. The summed E-state index contributed by atoms with van der Waals surface area (Å²) in [4.78, 5) is 13.6. The van der Waals surface area contributed by atoms with Gasteiger partial charge in [-0.15, -0.1) is 0 Å². The number of amides is 1. The van der Waals surface area contributed by atoms with Gasteiger partial charge in [0.1, 0.15) is 6.04 Å². The van der Waals surface area contributed by atoms with Crippen LogP contribution in [0.25, 0.3) is 0 Å². The molecule has 1 amide bonds. The molecule has 5 nitrogen and oxygen atoms in total. The van der Waals surface area contributed by atoms with Gasteiger partial charge in [0.05, 0.1) is 23.2 Å². The Bertz CT molecular complexity index is 655. The number of nitrogens with zero attached hydrogens (tertiary/aromatic N) is 1. The van der Waals surface area contributed by atoms with Crippen molar-refractivity contribution in [2.24, 2.45) is 5.73 Å². The molecule has 0 radical (unpaired) electrons. The molecule has 0 saturated carbocycles. The highest BCUT2D eigenvalue weighted by Crippen LogP contribution is 2.38. The van der Waals surface area contributed by atoms with Gasteiger partial charge in [0.25, 0.3) is 0 Å². The van der Waals surface area contributed by atoms with Crippen LogP contribution in [0.5, 0.6) is 0 Å². The van der Waals surface area contributed by atoms with Gasteiger partial charge in [-0.1, -0.05) is 11.6 Å².